The Morgan fingerprint density at radius 2 is 2.00 bits per heavy atom. The van der Waals surface area contributed by atoms with E-state index >= 15 is 0 Å². The van der Waals surface area contributed by atoms with Gasteiger partial charge in [0.15, 0.2) is 0 Å². The van der Waals surface area contributed by atoms with E-state index < -0.39 is 0 Å². The molecule has 1 aromatic heterocycles. The predicted molar refractivity (Wildman–Crippen MR) is 73.1 cm³/mol. The summed E-state index contributed by atoms with van der Waals surface area (Å²) in [5.74, 6) is 0. The van der Waals surface area contributed by atoms with Gasteiger partial charge in [0.25, 0.3) is 0 Å². The van der Waals surface area contributed by atoms with Crippen LogP contribution in [0.15, 0.2) is 47.8 Å². The largest absolute Gasteiger partial charge is 0.291 e. The van der Waals surface area contributed by atoms with E-state index in [1.807, 2.05) is 11.3 Å². The van der Waals surface area contributed by atoms with Crippen molar-refractivity contribution in [3.8, 4) is 0 Å². The predicted octanol–water partition coefficient (Wildman–Crippen LogP) is 4.09. The van der Waals surface area contributed by atoms with E-state index in [0.29, 0.717) is 6.04 Å². The Morgan fingerprint density at radius 1 is 1.12 bits per heavy atom. The summed E-state index contributed by atoms with van der Waals surface area (Å²) in [6.07, 6.45) is 2.63. The molecule has 0 N–H and O–H groups in total. The molecule has 1 aliphatic rings. The Hall–Kier alpha value is -1.12. The molecule has 2 heterocycles. The molecule has 0 spiro atoms. The lowest BCUT2D eigenvalue weighted by molar-refractivity contribution is 0.251. The third kappa shape index (κ3) is 2.43. The van der Waals surface area contributed by atoms with E-state index in [-0.39, 0.29) is 0 Å². The molecule has 1 fully saturated rings. The Labute approximate surface area is 107 Å². The SMILES string of the molecule is c1ccc(C2CCCN2Cc2cccs2)cc1. The van der Waals surface area contributed by atoms with Crippen LogP contribution in [-0.2, 0) is 6.54 Å². The molecule has 2 heteroatoms. The van der Waals surface area contributed by atoms with Gasteiger partial charge in [-0.2, -0.15) is 0 Å². The first-order valence-corrected chi connectivity index (χ1v) is 7.13. The number of thiophene rings is 1. The summed E-state index contributed by atoms with van der Waals surface area (Å²) in [5.41, 5.74) is 1.47. The second-order valence-corrected chi connectivity index (χ2v) is 5.65. The fourth-order valence-corrected chi connectivity index (χ4v) is 3.40. The highest BCUT2D eigenvalue weighted by atomic mass is 32.1. The van der Waals surface area contributed by atoms with E-state index in [9.17, 15) is 0 Å². The molecule has 0 saturated carbocycles. The molecule has 17 heavy (non-hydrogen) atoms. The maximum atomic E-state index is 2.61. The summed E-state index contributed by atoms with van der Waals surface area (Å²) in [6.45, 7) is 2.34. The van der Waals surface area contributed by atoms with E-state index in [0.717, 1.165) is 6.54 Å². The molecule has 0 bridgehead atoms. The summed E-state index contributed by atoms with van der Waals surface area (Å²) in [7, 11) is 0. The fourth-order valence-electron chi connectivity index (χ4n) is 2.67. The third-order valence-corrected chi connectivity index (χ3v) is 4.35. The lowest BCUT2D eigenvalue weighted by Crippen LogP contribution is -2.22. The Kier molecular flexibility index (Phi) is 3.25. The van der Waals surface area contributed by atoms with Gasteiger partial charge >= 0.3 is 0 Å². The molecule has 2 aromatic rings. The Bertz CT molecular complexity index is 449. The fraction of sp³-hybridized carbons (Fsp3) is 0.333. The lowest BCUT2D eigenvalue weighted by Gasteiger charge is -2.24. The highest BCUT2D eigenvalue weighted by Crippen LogP contribution is 2.33. The normalized spacial score (nSPS) is 20.8. The minimum absolute atomic E-state index is 0.623. The summed E-state index contributed by atoms with van der Waals surface area (Å²) in [5, 5.41) is 2.17. The zero-order chi connectivity index (χ0) is 11.5. The van der Waals surface area contributed by atoms with Gasteiger partial charge in [-0.3, -0.25) is 4.90 Å². The minimum atomic E-state index is 0.623. The van der Waals surface area contributed by atoms with Crippen LogP contribution in [0, 0.1) is 0 Å². The minimum Gasteiger partial charge on any atom is -0.291 e. The Morgan fingerprint density at radius 3 is 2.76 bits per heavy atom. The number of benzene rings is 1. The maximum absolute atomic E-state index is 2.61. The van der Waals surface area contributed by atoms with Crippen molar-refractivity contribution in [1.29, 1.82) is 0 Å². The maximum Gasteiger partial charge on any atom is 0.0352 e. The van der Waals surface area contributed by atoms with Gasteiger partial charge in [0.05, 0.1) is 0 Å². The van der Waals surface area contributed by atoms with Gasteiger partial charge in [-0.25, -0.2) is 0 Å². The van der Waals surface area contributed by atoms with Crippen molar-refractivity contribution in [3.63, 3.8) is 0 Å². The summed E-state index contributed by atoms with van der Waals surface area (Å²) < 4.78 is 0. The van der Waals surface area contributed by atoms with E-state index in [1.54, 1.807) is 0 Å². The molecule has 1 unspecified atom stereocenters. The molecule has 0 aliphatic carbocycles. The van der Waals surface area contributed by atoms with Gasteiger partial charge in [-0.1, -0.05) is 36.4 Å². The van der Waals surface area contributed by atoms with Gasteiger partial charge in [-0.05, 0) is 36.4 Å². The third-order valence-electron chi connectivity index (χ3n) is 3.49. The molecule has 0 radical (unpaired) electrons. The van der Waals surface area contributed by atoms with E-state index in [1.165, 1.54) is 29.8 Å². The zero-order valence-corrected chi connectivity index (χ0v) is 10.7. The van der Waals surface area contributed by atoms with Crippen LogP contribution in [0.3, 0.4) is 0 Å². The number of nitrogens with zero attached hydrogens (tertiary/aromatic N) is 1. The molecule has 3 rings (SSSR count). The van der Waals surface area contributed by atoms with Crippen LogP contribution in [-0.4, -0.2) is 11.4 Å². The highest BCUT2D eigenvalue weighted by Gasteiger charge is 2.25. The molecule has 0 amide bonds. The summed E-state index contributed by atoms with van der Waals surface area (Å²) in [4.78, 5) is 4.09. The molecule has 1 saturated heterocycles. The van der Waals surface area contributed by atoms with Crippen molar-refractivity contribution < 1.29 is 0 Å². The summed E-state index contributed by atoms with van der Waals surface area (Å²) in [6, 6.07) is 15.9. The molecule has 88 valence electrons. The van der Waals surface area contributed by atoms with Crippen molar-refractivity contribution in [1.82, 2.24) is 4.90 Å². The second kappa shape index (κ2) is 5.03. The number of hydrogen-bond donors (Lipinski definition) is 0. The number of rotatable bonds is 3. The number of likely N-dealkylation sites (tertiary alicyclic amines) is 1. The van der Waals surface area contributed by atoms with Crippen LogP contribution in [0.1, 0.15) is 29.3 Å². The van der Waals surface area contributed by atoms with Crippen LogP contribution in [0.25, 0.3) is 0 Å². The zero-order valence-electron chi connectivity index (χ0n) is 9.88. The molecule has 1 aliphatic heterocycles. The van der Waals surface area contributed by atoms with Crippen molar-refractivity contribution in [2.45, 2.75) is 25.4 Å². The molecular weight excluding hydrogens is 226 g/mol. The molecule has 1 atom stereocenters. The lowest BCUT2D eigenvalue weighted by atomic mass is 10.0. The molecular formula is C15H17NS. The average molecular weight is 243 g/mol. The van der Waals surface area contributed by atoms with Gasteiger partial charge in [0, 0.05) is 17.5 Å². The van der Waals surface area contributed by atoms with Crippen LogP contribution in [0.2, 0.25) is 0 Å². The highest BCUT2D eigenvalue weighted by molar-refractivity contribution is 7.09. The van der Waals surface area contributed by atoms with E-state index in [4.69, 9.17) is 0 Å². The van der Waals surface area contributed by atoms with Gasteiger partial charge in [-0.15, -0.1) is 11.3 Å². The quantitative estimate of drug-likeness (QED) is 0.785. The molecule has 1 nitrogen and oxygen atoms in total. The Balaban J connectivity index is 1.76. The second-order valence-electron chi connectivity index (χ2n) is 4.62. The van der Waals surface area contributed by atoms with Crippen LogP contribution < -0.4 is 0 Å². The summed E-state index contributed by atoms with van der Waals surface area (Å²) >= 11 is 1.87. The van der Waals surface area contributed by atoms with Crippen LogP contribution in [0.4, 0.5) is 0 Å². The standard InChI is InChI=1S/C15H17NS/c1-2-6-13(7-3-1)15-9-4-10-16(15)12-14-8-5-11-17-14/h1-3,5-8,11,15H,4,9-10,12H2. The van der Waals surface area contributed by atoms with E-state index in [2.05, 4.69) is 52.7 Å². The monoisotopic (exact) mass is 243 g/mol. The first-order valence-electron chi connectivity index (χ1n) is 6.25. The topological polar surface area (TPSA) is 3.24 Å². The van der Waals surface area contributed by atoms with Crippen LogP contribution in [0.5, 0.6) is 0 Å². The van der Waals surface area contributed by atoms with Gasteiger partial charge in [0.2, 0.25) is 0 Å². The number of hydrogen-bond acceptors (Lipinski definition) is 2. The van der Waals surface area contributed by atoms with Crippen molar-refractivity contribution in [3.05, 3.63) is 58.3 Å². The van der Waals surface area contributed by atoms with Crippen molar-refractivity contribution >= 4 is 11.3 Å². The van der Waals surface area contributed by atoms with Crippen molar-refractivity contribution in [2.75, 3.05) is 6.54 Å². The van der Waals surface area contributed by atoms with Gasteiger partial charge in [0.1, 0.15) is 0 Å². The molecule has 1 aromatic carbocycles. The first kappa shape index (κ1) is 11.0. The van der Waals surface area contributed by atoms with Crippen LogP contribution >= 0.6 is 11.3 Å². The average Bonchev–Trinajstić information content (AvgIpc) is 3.02. The van der Waals surface area contributed by atoms with Crippen molar-refractivity contribution in [2.24, 2.45) is 0 Å². The first-order chi connectivity index (χ1) is 8.43. The smallest absolute Gasteiger partial charge is 0.0352 e. The van der Waals surface area contributed by atoms with Gasteiger partial charge < -0.3 is 0 Å².